The molecule has 0 radical (unpaired) electrons. The van der Waals surface area contributed by atoms with Crippen LogP contribution in [0.1, 0.15) is 0 Å². The van der Waals surface area contributed by atoms with Crippen molar-refractivity contribution in [1.82, 2.24) is 0 Å². The molecule has 6 heteroatoms. The molecule has 0 spiro atoms. The largest absolute Gasteiger partial charge is 0.612 e. The first-order valence-electron chi connectivity index (χ1n) is 2.16. The predicted molar refractivity (Wildman–Crippen MR) is 29.3 cm³/mol. The molecule has 0 aromatic heterocycles. The van der Waals surface area contributed by atoms with Crippen LogP contribution in [0, 0.1) is 0 Å². The highest BCUT2D eigenvalue weighted by molar-refractivity contribution is 7.94. The molecule has 0 aromatic carbocycles. The lowest BCUT2D eigenvalue weighted by molar-refractivity contribution is -0.106. The number of halogens is 4. The van der Waals surface area contributed by atoms with Gasteiger partial charge in [-0.25, -0.2) is 4.39 Å². The molecule has 0 saturated carbocycles. The smallest absolute Gasteiger partial charge is 0.433 e. The van der Waals surface area contributed by atoms with Crippen LogP contribution >= 0.6 is 0 Å². The maximum absolute atomic E-state index is 11.3. The minimum atomic E-state index is -4.50. The lowest BCUT2D eigenvalue weighted by Crippen LogP contribution is -2.20. The topological polar surface area (TPSA) is 23.1 Å². The molecule has 0 saturated heterocycles. The van der Waals surface area contributed by atoms with E-state index in [9.17, 15) is 22.1 Å². The Morgan fingerprint density at radius 3 is 2.20 bits per heavy atom. The summed E-state index contributed by atoms with van der Waals surface area (Å²) in [6.07, 6.45) is -4.66. The van der Waals surface area contributed by atoms with E-state index in [1.807, 2.05) is 0 Å². The fraction of sp³-hybridized carbons (Fsp3) is 0.500. The van der Waals surface area contributed by atoms with Gasteiger partial charge in [0.25, 0.3) is 0 Å². The van der Waals surface area contributed by atoms with Crippen molar-refractivity contribution in [3.8, 4) is 0 Å². The second-order valence-corrected chi connectivity index (χ2v) is 2.72. The zero-order valence-electron chi connectivity index (χ0n) is 4.69. The van der Waals surface area contributed by atoms with Crippen molar-refractivity contribution in [2.45, 2.75) is 6.18 Å². The molecule has 60 valence electrons. The van der Waals surface area contributed by atoms with Crippen LogP contribution in [0.5, 0.6) is 0 Å². The summed E-state index contributed by atoms with van der Waals surface area (Å²) in [5.74, 6) is -1.49. The van der Waals surface area contributed by atoms with Gasteiger partial charge in [0.1, 0.15) is 11.7 Å². The van der Waals surface area contributed by atoms with Gasteiger partial charge < -0.3 is 4.55 Å². The molecule has 0 N–H and O–H groups in total. The highest BCUT2D eigenvalue weighted by Gasteiger charge is 2.33. The molecule has 0 aromatic rings. The summed E-state index contributed by atoms with van der Waals surface area (Å²) in [5, 5.41) is 0.355. The summed E-state index contributed by atoms with van der Waals surface area (Å²) in [5.41, 5.74) is 0. The van der Waals surface area contributed by atoms with Gasteiger partial charge in [-0.3, -0.25) is 0 Å². The highest BCUT2D eigenvalue weighted by Crippen LogP contribution is 2.17. The molecule has 0 aliphatic rings. The number of alkyl halides is 3. The van der Waals surface area contributed by atoms with E-state index in [-0.39, 0.29) is 6.33 Å². The van der Waals surface area contributed by atoms with Gasteiger partial charge in [0.15, 0.2) is 0 Å². The first-order valence-corrected chi connectivity index (χ1v) is 3.55. The Morgan fingerprint density at radius 1 is 1.40 bits per heavy atom. The third-order valence-electron chi connectivity index (χ3n) is 0.509. The average Bonchev–Trinajstić information content (AvgIpc) is 1.59. The molecule has 0 fully saturated rings. The van der Waals surface area contributed by atoms with Crippen LogP contribution in [-0.2, 0) is 11.2 Å². The minimum absolute atomic E-state index is 0.165. The van der Waals surface area contributed by atoms with Crippen LogP contribution in [-0.4, -0.2) is 16.5 Å². The standard InChI is InChI=1S/C4H4F4OS/c5-1-2-10(9)3-4(6,7)8/h1-2H,3H2. The van der Waals surface area contributed by atoms with E-state index in [4.69, 9.17) is 0 Å². The third-order valence-corrected chi connectivity index (χ3v) is 1.53. The highest BCUT2D eigenvalue weighted by atomic mass is 32.2. The van der Waals surface area contributed by atoms with Gasteiger partial charge in [0.2, 0.25) is 5.75 Å². The predicted octanol–water partition coefficient (Wildman–Crippen LogP) is 1.74. The fourth-order valence-corrected chi connectivity index (χ4v) is 0.800. The number of hydrogen-bond donors (Lipinski definition) is 0. The second-order valence-electron chi connectivity index (χ2n) is 1.40. The zero-order valence-corrected chi connectivity index (χ0v) is 5.51. The van der Waals surface area contributed by atoms with E-state index in [1.54, 1.807) is 0 Å². The van der Waals surface area contributed by atoms with E-state index in [2.05, 4.69) is 0 Å². The van der Waals surface area contributed by atoms with Gasteiger partial charge in [0.05, 0.1) is 0 Å². The van der Waals surface area contributed by atoms with Crippen LogP contribution in [0.25, 0.3) is 0 Å². The summed E-state index contributed by atoms with van der Waals surface area (Å²) in [6.45, 7) is 0. The molecule has 1 unspecified atom stereocenters. The Bertz CT molecular complexity index is 121. The molecule has 0 rings (SSSR count). The average molecular weight is 176 g/mol. The molecular formula is C4H4F4OS. The molecule has 1 nitrogen and oxygen atoms in total. The van der Waals surface area contributed by atoms with Crippen molar-refractivity contribution in [2.75, 3.05) is 5.75 Å². The van der Waals surface area contributed by atoms with Gasteiger partial charge in [-0.1, -0.05) is 0 Å². The minimum Gasteiger partial charge on any atom is -0.612 e. The van der Waals surface area contributed by atoms with Gasteiger partial charge in [-0.05, 0) is 11.2 Å². The van der Waals surface area contributed by atoms with E-state index in [0.717, 1.165) is 0 Å². The fourth-order valence-electron chi connectivity index (χ4n) is 0.267. The number of hydrogen-bond acceptors (Lipinski definition) is 1. The molecule has 10 heavy (non-hydrogen) atoms. The van der Waals surface area contributed by atoms with E-state index < -0.39 is 23.1 Å². The first-order chi connectivity index (χ1) is 4.45. The van der Waals surface area contributed by atoms with Gasteiger partial charge in [0, 0.05) is 0 Å². The molecule has 0 aliphatic heterocycles. The van der Waals surface area contributed by atoms with E-state index in [1.165, 1.54) is 0 Å². The lowest BCUT2D eigenvalue weighted by atomic mass is 10.8. The van der Waals surface area contributed by atoms with Crippen molar-refractivity contribution in [3.05, 3.63) is 11.7 Å². The van der Waals surface area contributed by atoms with Crippen LogP contribution in [0.3, 0.4) is 0 Å². The first kappa shape index (κ1) is 9.77. The SMILES string of the molecule is [O-][S+](C=CF)CC(F)(F)F. The van der Waals surface area contributed by atoms with Crippen LogP contribution in [0.15, 0.2) is 11.7 Å². The van der Waals surface area contributed by atoms with E-state index in [0.29, 0.717) is 5.41 Å². The van der Waals surface area contributed by atoms with Gasteiger partial charge in [-0.2, -0.15) is 13.2 Å². The maximum atomic E-state index is 11.3. The molecule has 0 amide bonds. The Kier molecular flexibility index (Phi) is 3.73. The molecule has 1 atom stereocenters. The maximum Gasteiger partial charge on any atom is 0.433 e. The van der Waals surface area contributed by atoms with Crippen molar-refractivity contribution >= 4 is 11.2 Å². The molecule has 0 bridgehead atoms. The Labute approximate surface area is 57.9 Å². The summed E-state index contributed by atoms with van der Waals surface area (Å²) < 4.78 is 55.0. The zero-order chi connectivity index (χ0) is 8.20. The van der Waals surface area contributed by atoms with Crippen LogP contribution in [0.4, 0.5) is 17.6 Å². The van der Waals surface area contributed by atoms with E-state index >= 15 is 0 Å². The van der Waals surface area contributed by atoms with Gasteiger partial charge in [-0.15, -0.1) is 0 Å². The normalized spacial score (nSPS) is 16.1. The van der Waals surface area contributed by atoms with Crippen molar-refractivity contribution in [2.24, 2.45) is 0 Å². The van der Waals surface area contributed by atoms with Crippen molar-refractivity contribution in [1.29, 1.82) is 0 Å². The van der Waals surface area contributed by atoms with Crippen LogP contribution in [0.2, 0.25) is 0 Å². The van der Waals surface area contributed by atoms with Gasteiger partial charge >= 0.3 is 6.18 Å². The summed E-state index contributed by atoms with van der Waals surface area (Å²) in [4.78, 5) is 0. The Hall–Kier alpha value is -0.230. The Morgan fingerprint density at radius 2 is 1.90 bits per heavy atom. The third kappa shape index (κ3) is 5.90. The summed E-state index contributed by atoms with van der Waals surface area (Å²) in [7, 11) is 0. The van der Waals surface area contributed by atoms with Crippen molar-refractivity contribution < 1.29 is 22.1 Å². The van der Waals surface area contributed by atoms with Crippen molar-refractivity contribution in [3.63, 3.8) is 0 Å². The second kappa shape index (κ2) is 3.82. The molecule has 0 heterocycles. The lowest BCUT2D eigenvalue weighted by Gasteiger charge is -2.06. The van der Waals surface area contributed by atoms with Crippen LogP contribution < -0.4 is 0 Å². The Balaban J connectivity index is 3.68. The summed E-state index contributed by atoms with van der Waals surface area (Å²) >= 11 is -2.27. The quantitative estimate of drug-likeness (QED) is 0.464. The molecule has 0 aliphatic carbocycles. The number of rotatable bonds is 2. The summed E-state index contributed by atoms with van der Waals surface area (Å²) in [6, 6.07) is 0. The molecular weight excluding hydrogens is 172 g/mol. The monoisotopic (exact) mass is 176 g/mol.